The molecular weight excluding hydrogens is 264 g/mol. The van der Waals surface area contributed by atoms with Gasteiger partial charge in [-0.3, -0.25) is 9.59 Å². The fraction of sp³-hybridized carbons (Fsp3) is 0.176. The van der Waals surface area contributed by atoms with E-state index in [-0.39, 0.29) is 11.8 Å². The minimum Gasteiger partial charge on any atom is -0.326 e. The maximum absolute atomic E-state index is 11.0. The van der Waals surface area contributed by atoms with Gasteiger partial charge in [0.15, 0.2) is 0 Å². The normalized spacial score (nSPS) is 10.0. The van der Waals surface area contributed by atoms with Gasteiger partial charge in [-0.2, -0.15) is 0 Å². The molecule has 0 aliphatic rings. The highest BCUT2D eigenvalue weighted by molar-refractivity contribution is 5.89. The van der Waals surface area contributed by atoms with E-state index in [0.717, 1.165) is 28.9 Å². The van der Waals surface area contributed by atoms with Crippen LogP contribution in [0.25, 0.3) is 0 Å². The summed E-state index contributed by atoms with van der Waals surface area (Å²) in [6.45, 7) is 2.98. The van der Waals surface area contributed by atoms with Gasteiger partial charge in [0, 0.05) is 25.2 Å². The quantitative estimate of drug-likeness (QED) is 0.904. The van der Waals surface area contributed by atoms with Gasteiger partial charge in [-0.25, -0.2) is 0 Å². The molecule has 0 radical (unpaired) electrons. The summed E-state index contributed by atoms with van der Waals surface area (Å²) < 4.78 is 0. The number of rotatable bonds is 4. The Morgan fingerprint density at radius 1 is 0.714 bits per heavy atom. The Kier molecular flexibility index (Phi) is 4.72. The first-order valence-corrected chi connectivity index (χ1v) is 6.76. The summed E-state index contributed by atoms with van der Waals surface area (Å²) in [7, 11) is 0. The number of anilines is 2. The molecule has 0 saturated carbocycles. The highest BCUT2D eigenvalue weighted by Gasteiger charge is 2.00. The number of carbonyl (C=O) groups is 2. The molecule has 0 unspecified atom stereocenters. The zero-order chi connectivity index (χ0) is 15.2. The molecule has 0 heterocycles. The van der Waals surface area contributed by atoms with E-state index >= 15 is 0 Å². The van der Waals surface area contributed by atoms with Crippen molar-refractivity contribution in [1.29, 1.82) is 0 Å². The Bertz CT molecular complexity index is 573. The van der Waals surface area contributed by atoms with E-state index in [1.54, 1.807) is 0 Å². The first kappa shape index (κ1) is 14.8. The van der Waals surface area contributed by atoms with Crippen molar-refractivity contribution in [2.24, 2.45) is 0 Å². The molecule has 0 fully saturated rings. The van der Waals surface area contributed by atoms with Gasteiger partial charge >= 0.3 is 0 Å². The molecule has 2 amide bonds. The second kappa shape index (κ2) is 6.70. The fourth-order valence-corrected chi connectivity index (χ4v) is 2.05. The number of carbonyl (C=O) groups excluding carboxylic acids is 2. The molecule has 0 aliphatic heterocycles. The molecule has 2 aromatic rings. The molecule has 0 spiro atoms. The predicted molar refractivity (Wildman–Crippen MR) is 84.3 cm³/mol. The van der Waals surface area contributed by atoms with Crippen LogP contribution >= 0.6 is 0 Å². The third-order valence-electron chi connectivity index (χ3n) is 2.96. The van der Waals surface area contributed by atoms with Crippen LogP contribution in [0.5, 0.6) is 0 Å². The monoisotopic (exact) mass is 282 g/mol. The van der Waals surface area contributed by atoms with Crippen molar-refractivity contribution in [3.63, 3.8) is 0 Å². The number of hydrogen-bond donors (Lipinski definition) is 2. The second-order valence-electron chi connectivity index (χ2n) is 4.93. The Balaban J connectivity index is 2.01. The lowest BCUT2D eigenvalue weighted by Crippen LogP contribution is -2.05. The van der Waals surface area contributed by atoms with Crippen molar-refractivity contribution in [1.82, 2.24) is 0 Å². The molecule has 0 atom stereocenters. The Hall–Kier alpha value is -2.62. The van der Waals surface area contributed by atoms with E-state index in [0.29, 0.717) is 0 Å². The smallest absolute Gasteiger partial charge is 0.221 e. The minimum atomic E-state index is -0.0729. The Morgan fingerprint density at radius 2 is 1.05 bits per heavy atom. The van der Waals surface area contributed by atoms with Gasteiger partial charge in [0.05, 0.1) is 0 Å². The summed E-state index contributed by atoms with van der Waals surface area (Å²) in [6.07, 6.45) is 0.806. The van der Waals surface area contributed by atoms with Crippen LogP contribution in [0.3, 0.4) is 0 Å². The van der Waals surface area contributed by atoms with Crippen LogP contribution in [-0.4, -0.2) is 11.8 Å². The van der Waals surface area contributed by atoms with Crippen LogP contribution in [0.15, 0.2) is 48.5 Å². The van der Waals surface area contributed by atoms with Gasteiger partial charge in [0.25, 0.3) is 0 Å². The largest absolute Gasteiger partial charge is 0.326 e. The number of amides is 2. The average molecular weight is 282 g/mol. The average Bonchev–Trinajstić information content (AvgIpc) is 2.42. The molecule has 2 N–H and O–H groups in total. The second-order valence-corrected chi connectivity index (χ2v) is 4.93. The Morgan fingerprint density at radius 3 is 1.33 bits per heavy atom. The van der Waals surface area contributed by atoms with Crippen molar-refractivity contribution in [2.45, 2.75) is 20.3 Å². The molecule has 2 rings (SSSR count). The minimum absolute atomic E-state index is 0.0729. The molecule has 0 aromatic heterocycles. The topological polar surface area (TPSA) is 58.2 Å². The lowest BCUT2D eigenvalue weighted by Gasteiger charge is -2.06. The molecule has 21 heavy (non-hydrogen) atoms. The van der Waals surface area contributed by atoms with Crippen molar-refractivity contribution in [2.75, 3.05) is 10.6 Å². The van der Waals surface area contributed by atoms with Crippen LogP contribution in [0, 0.1) is 0 Å². The van der Waals surface area contributed by atoms with Crippen LogP contribution in [0.1, 0.15) is 25.0 Å². The van der Waals surface area contributed by atoms with E-state index in [1.807, 2.05) is 48.5 Å². The van der Waals surface area contributed by atoms with Gasteiger partial charge in [0.2, 0.25) is 11.8 Å². The first-order valence-electron chi connectivity index (χ1n) is 6.76. The summed E-state index contributed by atoms with van der Waals surface area (Å²) >= 11 is 0. The molecule has 4 heteroatoms. The molecule has 0 aliphatic carbocycles. The van der Waals surface area contributed by atoms with Gasteiger partial charge in [-0.1, -0.05) is 24.3 Å². The van der Waals surface area contributed by atoms with Crippen molar-refractivity contribution >= 4 is 23.2 Å². The lowest BCUT2D eigenvalue weighted by atomic mass is 10.0. The fourth-order valence-electron chi connectivity index (χ4n) is 2.05. The van der Waals surface area contributed by atoms with Crippen LogP contribution in [0.2, 0.25) is 0 Å². The van der Waals surface area contributed by atoms with Crippen molar-refractivity contribution in [3.8, 4) is 0 Å². The van der Waals surface area contributed by atoms with Crippen molar-refractivity contribution < 1.29 is 9.59 Å². The summed E-state index contributed by atoms with van der Waals surface area (Å²) in [5.41, 5.74) is 3.92. The maximum Gasteiger partial charge on any atom is 0.221 e. The molecule has 4 nitrogen and oxygen atoms in total. The van der Waals surface area contributed by atoms with Crippen LogP contribution < -0.4 is 10.6 Å². The number of nitrogens with one attached hydrogen (secondary N) is 2. The zero-order valence-corrected chi connectivity index (χ0v) is 12.1. The van der Waals surface area contributed by atoms with E-state index in [9.17, 15) is 9.59 Å². The molecule has 2 aromatic carbocycles. The van der Waals surface area contributed by atoms with E-state index in [4.69, 9.17) is 0 Å². The van der Waals surface area contributed by atoms with E-state index in [2.05, 4.69) is 10.6 Å². The van der Waals surface area contributed by atoms with Gasteiger partial charge in [-0.05, 0) is 41.8 Å². The van der Waals surface area contributed by atoms with Crippen molar-refractivity contribution in [3.05, 3.63) is 59.7 Å². The Labute approximate surface area is 124 Å². The summed E-state index contributed by atoms with van der Waals surface area (Å²) in [6, 6.07) is 15.5. The molecule has 0 bridgehead atoms. The van der Waals surface area contributed by atoms with E-state index < -0.39 is 0 Å². The molecular formula is C17H18N2O2. The van der Waals surface area contributed by atoms with Gasteiger partial charge in [0.1, 0.15) is 0 Å². The third-order valence-corrected chi connectivity index (χ3v) is 2.96. The maximum atomic E-state index is 11.0. The summed E-state index contributed by atoms with van der Waals surface area (Å²) in [5, 5.41) is 5.48. The van der Waals surface area contributed by atoms with E-state index in [1.165, 1.54) is 13.8 Å². The highest BCUT2D eigenvalue weighted by atomic mass is 16.2. The highest BCUT2D eigenvalue weighted by Crippen LogP contribution is 2.16. The summed E-state index contributed by atoms with van der Waals surface area (Å²) in [5.74, 6) is -0.146. The lowest BCUT2D eigenvalue weighted by molar-refractivity contribution is -0.115. The van der Waals surface area contributed by atoms with Gasteiger partial charge < -0.3 is 10.6 Å². The van der Waals surface area contributed by atoms with Crippen LogP contribution in [-0.2, 0) is 16.0 Å². The standard InChI is InChI=1S/C17H18N2O2/c1-12(20)18-16-7-3-14(4-8-16)11-15-5-9-17(10-6-15)19-13(2)21/h3-10H,11H2,1-2H3,(H,18,20)(H,19,21). The van der Waals surface area contributed by atoms with Crippen LogP contribution in [0.4, 0.5) is 11.4 Å². The first-order chi connectivity index (χ1) is 10.0. The molecule has 0 saturated heterocycles. The number of benzene rings is 2. The predicted octanol–water partition coefficient (Wildman–Crippen LogP) is 3.19. The SMILES string of the molecule is CC(=O)Nc1ccc(Cc2ccc(NC(C)=O)cc2)cc1. The van der Waals surface area contributed by atoms with Gasteiger partial charge in [-0.15, -0.1) is 0 Å². The summed E-state index contributed by atoms with van der Waals surface area (Å²) in [4.78, 5) is 21.9. The zero-order valence-electron chi connectivity index (χ0n) is 12.1. The molecule has 108 valence electrons. The number of hydrogen-bond acceptors (Lipinski definition) is 2. The third kappa shape index (κ3) is 4.76.